The van der Waals surface area contributed by atoms with Crippen LogP contribution < -0.4 is 10.1 Å². The van der Waals surface area contributed by atoms with Crippen LogP contribution in [0.2, 0.25) is 0 Å². The molecular weight excluding hydrogens is 402 g/mol. The number of likely N-dealkylation sites (tertiary alicyclic amines) is 1. The quantitative estimate of drug-likeness (QED) is 0.685. The molecule has 2 fully saturated rings. The number of amides is 1. The molecule has 2 aliphatic heterocycles. The van der Waals surface area contributed by atoms with E-state index in [1.165, 1.54) is 30.4 Å². The van der Waals surface area contributed by atoms with Gasteiger partial charge in [-0.1, -0.05) is 30.7 Å². The minimum atomic E-state index is -0.00986. The van der Waals surface area contributed by atoms with Gasteiger partial charge in [0.05, 0.1) is 26.4 Å². The fourth-order valence-electron chi connectivity index (χ4n) is 4.63. The molecule has 172 valence electrons. The lowest BCUT2D eigenvalue weighted by Gasteiger charge is -2.35. The van der Waals surface area contributed by atoms with Crippen LogP contribution in [0.15, 0.2) is 48.5 Å². The number of ether oxygens (including phenoxy) is 2. The molecule has 6 nitrogen and oxygen atoms in total. The maximum absolute atomic E-state index is 13.0. The van der Waals surface area contributed by atoms with Crippen molar-refractivity contribution >= 4 is 5.91 Å². The maximum Gasteiger partial charge on any atom is 0.251 e. The summed E-state index contributed by atoms with van der Waals surface area (Å²) in [6.45, 7) is 7.03. The third kappa shape index (κ3) is 6.09. The van der Waals surface area contributed by atoms with Crippen molar-refractivity contribution in [2.45, 2.75) is 31.8 Å². The monoisotopic (exact) mass is 437 g/mol. The van der Waals surface area contributed by atoms with Crippen LogP contribution in [0.3, 0.4) is 0 Å². The Balaban J connectivity index is 1.41. The predicted molar refractivity (Wildman–Crippen MR) is 126 cm³/mol. The molecule has 0 radical (unpaired) electrons. The molecular formula is C26H35N3O3. The van der Waals surface area contributed by atoms with Crippen LogP contribution in [0.25, 0.3) is 0 Å². The summed E-state index contributed by atoms with van der Waals surface area (Å²) in [4.78, 5) is 17.9. The molecule has 0 aliphatic carbocycles. The number of carbonyl (C=O) groups excluding carboxylic acids is 1. The van der Waals surface area contributed by atoms with E-state index in [4.69, 9.17) is 9.47 Å². The minimum absolute atomic E-state index is 0.00986. The normalized spacial score (nSPS) is 18.8. The van der Waals surface area contributed by atoms with Gasteiger partial charge >= 0.3 is 0 Å². The Morgan fingerprint density at radius 1 is 1.03 bits per heavy atom. The summed E-state index contributed by atoms with van der Waals surface area (Å²) in [6, 6.07) is 16.4. The number of rotatable bonds is 8. The first-order valence-corrected chi connectivity index (χ1v) is 11.8. The van der Waals surface area contributed by atoms with Gasteiger partial charge in [0, 0.05) is 31.7 Å². The molecule has 0 aromatic heterocycles. The van der Waals surface area contributed by atoms with E-state index >= 15 is 0 Å². The van der Waals surface area contributed by atoms with E-state index in [0.717, 1.165) is 57.3 Å². The average Bonchev–Trinajstić information content (AvgIpc) is 2.86. The molecule has 32 heavy (non-hydrogen) atoms. The Hall–Kier alpha value is -2.41. The fourth-order valence-corrected chi connectivity index (χ4v) is 4.63. The highest BCUT2D eigenvalue weighted by molar-refractivity contribution is 5.94. The molecule has 1 atom stereocenters. The van der Waals surface area contributed by atoms with Crippen LogP contribution in [0.1, 0.15) is 46.8 Å². The fraction of sp³-hybridized carbons (Fsp3) is 0.500. The van der Waals surface area contributed by atoms with Crippen molar-refractivity contribution in [2.24, 2.45) is 0 Å². The Kier molecular flexibility index (Phi) is 8.15. The minimum Gasteiger partial charge on any atom is -0.497 e. The molecule has 1 unspecified atom stereocenters. The molecule has 0 saturated carbocycles. The number of hydrogen-bond acceptors (Lipinski definition) is 5. The second kappa shape index (κ2) is 11.5. The molecule has 0 bridgehead atoms. The highest BCUT2D eigenvalue weighted by atomic mass is 16.5. The topological polar surface area (TPSA) is 54.0 Å². The van der Waals surface area contributed by atoms with Crippen LogP contribution in [0, 0.1) is 0 Å². The average molecular weight is 438 g/mol. The molecule has 0 spiro atoms. The van der Waals surface area contributed by atoms with Gasteiger partial charge in [0.25, 0.3) is 5.91 Å². The SMILES string of the molecule is COc1ccc(C(CNC(=O)c2cccc(CN3CCOCC3)c2)N2CCCCC2)cc1. The van der Waals surface area contributed by atoms with Crippen molar-refractivity contribution in [3.63, 3.8) is 0 Å². The summed E-state index contributed by atoms with van der Waals surface area (Å²) in [7, 11) is 1.69. The van der Waals surface area contributed by atoms with Crippen molar-refractivity contribution in [3.8, 4) is 5.75 Å². The van der Waals surface area contributed by atoms with Gasteiger partial charge in [-0.15, -0.1) is 0 Å². The number of carbonyl (C=O) groups is 1. The number of nitrogens with zero attached hydrogens (tertiary/aromatic N) is 2. The summed E-state index contributed by atoms with van der Waals surface area (Å²) < 4.78 is 10.8. The Morgan fingerprint density at radius 2 is 1.78 bits per heavy atom. The third-order valence-electron chi connectivity index (χ3n) is 6.49. The Morgan fingerprint density at radius 3 is 2.50 bits per heavy atom. The largest absolute Gasteiger partial charge is 0.497 e. The Labute approximate surface area is 191 Å². The number of nitrogens with one attached hydrogen (secondary N) is 1. The number of piperidine rings is 1. The van der Waals surface area contributed by atoms with Crippen molar-refractivity contribution < 1.29 is 14.3 Å². The Bertz CT molecular complexity index is 859. The van der Waals surface area contributed by atoms with Gasteiger partial charge in [-0.2, -0.15) is 0 Å². The molecule has 2 heterocycles. The van der Waals surface area contributed by atoms with E-state index in [1.807, 2.05) is 30.3 Å². The van der Waals surface area contributed by atoms with Crippen molar-refractivity contribution in [3.05, 3.63) is 65.2 Å². The summed E-state index contributed by atoms with van der Waals surface area (Å²) >= 11 is 0. The second-order valence-electron chi connectivity index (χ2n) is 8.68. The van der Waals surface area contributed by atoms with E-state index in [0.29, 0.717) is 6.54 Å². The van der Waals surface area contributed by atoms with Gasteiger partial charge in [0.1, 0.15) is 5.75 Å². The van der Waals surface area contributed by atoms with Crippen LogP contribution in [0.5, 0.6) is 5.75 Å². The number of morpholine rings is 1. The van der Waals surface area contributed by atoms with Crippen molar-refractivity contribution in [2.75, 3.05) is 53.0 Å². The molecule has 4 rings (SSSR count). The molecule has 2 aromatic rings. The van der Waals surface area contributed by atoms with E-state index in [2.05, 4.69) is 33.3 Å². The summed E-state index contributed by atoms with van der Waals surface area (Å²) in [5.41, 5.74) is 3.11. The smallest absolute Gasteiger partial charge is 0.251 e. The molecule has 1 amide bonds. The zero-order chi connectivity index (χ0) is 22.2. The van der Waals surface area contributed by atoms with Crippen LogP contribution in [0.4, 0.5) is 0 Å². The lowest BCUT2D eigenvalue weighted by Crippen LogP contribution is -2.40. The number of hydrogen-bond donors (Lipinski definition) is 1. The van der Waals surface area contributed by atoms with Crippen LogP contribution >= 0.6 is 0 Å². The van der Waals surface area contributed by atoms with Crippen LogP contribution in [-0.2, 0) is 11.3 Å². The second-order valence-corrected chi connectivity index (χ2v) is 8.68. The maximum atomic E-state index is 13.0. The first-order chi connectivity index (χ1) is 15.7. The molecule has 2 aromatic carbocycles. The van der Waals surface area contributed by atoms with Gasteiger partial charge in [-0.05, 0) is 61.3 Å². The van der Waals surface area contributed by atoms with Gasteiger partial charge in [-0.25, -0.2) is 0 Å². The molecule has 1 N–H and O–H groups in total. The summed E-state index contributed by atoms with van der Waals surface area (Å²) in [6.07, 6.45) is 3.71. The van der Waals surface area contributed by atoms with Crippen LogP contribution in [-0.4, -0.2) is 68.8 Å². The highest BCUT2D eigenvalue weighted by Crippen LogP contribution is 2.26. The summed E-state index contributed by atoms with van der Waals surface area (Å²) in [5.74, 6) is 0.844. The van der Waals surface area contributed by atoms with Gasteiger partial charge in [-0.3, -0.25) is 14.6 Å². The van der Waals surface area contributed by atoms with Gasteiger partial charge in [0.2, 0.25) is 0 Å². The molecule has 2 aliphatic rings. The van der Waals surface area contributed by atoms with E-state index < -0.39 is 0 Å². The van der Waals surface area contributed by atoms with E-state index in [1.54, 1.807) is 7.11 Å². The number of methoxy groups -OCH3 is 1. The van der Waals surface area contributed by atoms with Crippen molar-refractivity contribution in [1.29, 1.82) is 0 Å². The van der Waals surface area contributed by atoms with E-state index in [-0.39, 0.29) is 11.9 Å². The first kappa shape index (κ1) is 22.8. The summed E-state index contributed by atoms with van der Waals surface area (Å²) in [5, 5.41) is 3.21. The zero-order valence-corrected chi connectivity index (χ0v) is 19.1. The lowest BCUT2D eigenvalue weighted by atomic mass is 10.0. The highest BCUT2D eigenvalue weighted by Gasteiger charge is 2.23. The lowest BCUT2D eigenvalue weighted by molar-refractivity contribution is 0.0342. The predicted octanol–water partition coefficient (Wildman–Crippen LogP) is 3.48. The van der Waals surface area contributed by atoms with Gasteiger partial charge in [0.15, 0.2) is 0 Å². The molecule has 6 heteroatoms. The zero-order valence-electron chi connectivity index (χ0n) is 19.1. The molecule has 2 saturated heterocycles. The first-order valence-electron chi connectivity index (χ1n) is 11.8. The van der Waals surface area contributed by atoms with Gasteiger partial charge < -0.3 is 14.8 Å². The number of benzene rings is 2. The standard InChI is InChI=1S/C26H35N3O3/c1-31-24-10-8-22(9-11-24)25(29-12-3-2-4-13-29)19-27-26(30)23-7-5-6-21(18-23)20-28-14-16-32-17-15-28/h5-11,18,25H,2-4,12-17,19-20H2,1H3,(H,27,30). The van der Waals surface area contributed by atoms with E-state index in [9.17, 15) is 4.79 Å². The van der Waals surface area contributed by atoms with Crippen molar-refractivity contribution in [1.82, 2.24) is 15.1 Å². The third-order valence-corrected chi connectivity index (χ3v) is 6.49.